The third kappa shape index (κ3) is 3.88. The van der Waals surface area contributed by atoms with E-state index in [2.05, 4.69) is 10.3 Å². The second-order valence-corrected chi connectivity index (χ2v) is 6.74. The first kappa shape index (κ1) is 16.8. The number of hydrogen-bond acceptors (Lipinski definition) is 4. The lowest BCUT2D eigenvalue weighted by atomic mass is 10.0. The van der Waals surface area contributed by atoms with E-state index < -0.39 is 11.7 Å². The zero-order valence-electron chi connectivity index (χ0n) is 14.4. The molecule has 0 spiro atoms. The molecule has 25 heavy (non-hydrogen) atoms. The second kappa shape index (κ2) is 6.43. The minimum atomic E-state index is -0.622. The van der Waals surface area contributed by atoms with Gasteiger partial charge in [0.15, 0.2) is 0 Å². The van der Waals surface area contributed by atoms with E-state index in [1.54, 1.807) is 39.1 Å². The number of hydrogen-bond donors (Lipinski definition) is 2. The molecule has 0 unspecified atom stereocenters. The molecule has 0 bridgehead atoms. The fraction of sp³-hybridized carbons (Fsp3) is 0.200. The van der Waals surface area contributed by atoms with Crippen molar-refractivity contribution in [3.05, 3.63) is 54.7 Å². The molecule has 0 radical (unpaired) electrons. The molecule has 0 saturated heterocycles. The number of pyridine rings is 1. The Morgan fingerprint density at radius 1 is 1.12 bits per heavy atom. The molecule has 0 aliphatic rings. The third-order valence-electron chi connectivity index (χ3n) is 3.59. The van der Waals surface area contributed by atoms with Crippen molar-refractivity contribution < 1.29 is 14.6 Å². The van der Waals surface area contributed by atoms with Crippen LogP contribution < -0.4 is 5.32 Å². The fourth-order valence-corrected chi connectivity index (χ4v) is 2.54. The van der Waals surface area contributed by atoms with Crippen LogP contribution in [0.5, 0.6) is 5.75 Å². The highest BCUT2D eigenvalue weighted by atomic mass is 16.6. The van der Waals surface area contributed by atoms with Crippen LogP contribution in [0.4, 0.5) is 10.5 Å². The molecule has 5 heteroatoms. The van der Waals surface area contributed by atoms with E-state index in [1.807, 2.05) is 36.4 Å². The maximum absolute atomic E-state index is 12.1. The molecule has 5 nitrogen and oxygen atoms in total. The van der Waals surface area contributed by atoms with Gasteiger partial charge in [0, 0.05) is 17.1 Å². The van der Waals surface area contributed by atoms with Crippen molar-refractivity contribution in [2.45, 2.75) is 26.4 Å². The van der Waals surface area contributed by atoms with Crippen LogP contribution in [0.3, 0.4) is 0 Å². The normalized spacial score (nSPS) is 11.3. The number of nitrogens with zero attached hydrogens (tertiary/aromatic N) is 1. The number of rotatable bonds is 2. The Morgan fingerprint density at radius 3 is 2.56 bits per heavy atom. The Balaban J connectivity index is 2.04. The lowest BCUT2D eigenvalue weighted by molar-refractivity contribution is 0.0635. The van der Waals surface area contributed by atoms with Crippen LogP contribution in [0.1, 0.15) is 20.8 Å². The van der Waals surface area contributed by atoms with Crippen LogP contribution in [0.25, 0.3) is 22.0 Å². The summed E-state index contributed by atoms with van der Waals surface area (Å²) in [6.07, 6.45) is 1.11. The molecule has 3 rings (SSSR count). The molecule has 1 amide bonds. The van der Waals surface area contributed by atoms with Crippen molar-refractivity contribution in [2.24, 2.45) is 0 Å². The first-order chi connectivity index (χ1) is 11.8. The third-order valence-corrected chi connectivity index (χ3v) is 3.59. The van der Waals surface area contributed by atoms with Gasteiger partial charge in [-0.25, -0.2) is 4.79 Å². The summed E-state index contributed by atoms with van der Waals surface area (Å²) in [6, 6.07) is 14.8. The monoisotopic (exact) mass is 336 g/mol. The first-order valence-electron chi connectivity index (χ1n) is 8.01. The van der Waals surface area contributed by atoms with Gasteiger partial charge in [-0.1, -0.05) is 24.3 Å². The number of aromatic nitrogens is 1. The van der Waals surface area contributed by atoms with E-state index in [0.29, 0.717) is 11.1 Å². The predicted octanol–water partition coefficient (Wildman–Crippen LogP) is 4.95. The summed E-state index contributed by atoms with van der Waals surface area (Å²) in [5.74, 6) is -0.0171. The molecule has 1 aromatic heterocycles. The number of amides is 1. The maximum atomic E-state index is 12.1. The molecule has 0 fully saturated rings. The smallest absolute Gasteiger partial charge is 0.412 e. The van der Waals surface area contributed by atoms with E-state index in [4.69, 9.17) is 4.74 Å². The Morgan fingerprint density at radius 2 is 1.88 bits per heavy atom. The van der Waals surface area contributed by atoms with Gasteiger partial charge >= 0.3 is 6.09 Å². The molecule has 2 aromatic carbocycles. The van der Waals surface area contributed by atoms with Gasteiger partial charge in [0.2, 0.25) is 0 Å². The van der Waals surface area contributed by atoms with E-state index in [-0.39, 0.29) is 5.75 Å². The molecule has 0 saturated carbocycles. The number of fused-ring (bicyclic) bond motifs is 1. The number of aromatic hydroxyl groups is 1. The Labute approximate surface area is 146 Å². The van der Waals surface area contributed by atoms with E-state index in [1.165, 1.54) is 0 Å². The highest BCUT2D eigenvalue weighted by Crippen LogP contribution is 2.35. The second-order valence-electron chi connectivity index (χ2n) is 6.74. The number of benzene rings is 2. The van der Waals surface area contributed by atoms with Gasteiger partial charge in [-0.15, -0.1) is 0 Å². The minimum absolute atomic E-state index is 0.0171. The summed E-state index contributed by atoms with van der Waals surface area (Å²) in [5.41, 5.74) is 1.41. The zero-order chi connectivity index (χ0) is 18.0. The summed E-state index contributed by atoms with van der Waals surface area (Å²) in [4.78, 5) is 16.5. The van der Waals surface area contributed by atoms with Crippen molar-refractivity contribution in [3.63, 3.8) is 0 Å². The van der Waals surface area contributed by atoms with Crippen LogP contribution in [0, 0.1) is 0 Å². The van der Waals surface area contributed by atoms with E-state index in [9.17, 15) is 9.90 Å². The number of carbonyl (C=O) groups excluding carboxylic acids is 1. The quantitative estimate of drug-likeness (QED) is 0.649. The molecular weight excluding hydrogens is 316 g/mol. The Bertz CT molecular complexity index is 915. The summed E-state index contributed by atoms with van der Waals surface area (Å²) in [6.45, 7) is 5.36. The Kier molecular flexibility index (Phi) is 4.31. The zero-order valence-corrected chi connectivity index (χ0v) is 14.4. The molecule has 0 aliphatic carbocycles. The molecule has 0 atom stereocenters. The first-order valence-corrected chi connectivity index (χ1v) is 8.01. The lowest BCUT2D eigenvalue weighted by Crippen LogP contribution is -2.27. The van der Waals surface area contributed by atoms with Crippen molar-refractivity contribution >= 4 is 22.6 Å². The minimum Gasteiger partial charge on any atom is -0.506 e. The topological polar surface area (TPSA) is 71.5 Å². The highest BCUT2D eigenvalue weighted by molar-refractivity contribution is 6.04. The van der Waals surface area contributed by atoms with Crippen LogP contribution in [-0.2, 0) is 4.74 Å². The Hall–Kier alpha value is -3.08. The SMILES string of the molecule is CC(C)(C)OC(=O)Nc1c(O)ccc2ccc(-c3ccccn3)cc12. The summed E-state index contributed by atoms with van der Waals surface area (Å²) in [5, 5.41) is 14.5. The van der Waals surface area contributed by atoms with Gasteiger partial charge in [-0.3, -0.25) is 10.3 Å². The van der Waals surface area contributed by atoms with Crippen molar-refractivity contribution in [3.8, 4) is 17.0 Å². The van der Waals surface area contributed by atoms with Gasteiger partial charge in [0.25, 0.3) is 0 Å². The van der Waals surface area contributed by atoms with E-state index in [0.717, 1.165) is 16.6 Å². The number of carbonyl (C=O) groups is 1. The molecular formula is C20H20N2O3. The standard InChI is InChI=1S/C20H20N2O3/c1-20(2,3)25-19(24)22-18-15-12-14(16-6-4-5-11-21-16)8-7-13(15)9-10-17(18)23/h4-12,23H,1-3H3,(H,22,24). The summed E-state index contributed by atoms with van der Waals surface area (Å²) >= 11 is 0. The van der Waals surface area contributed by atoms with Crippen LogP contribution in [0.15, 0.2) is 54.7 Å². The van der Waals surface area contributed by atoms with Gasteiger partial charge in [0.05, 0.1) is 11.4 Å². The molecule has 3 aromatic rings. The number of ether oxygens (including phenoxy) is 1. The molecule has 1 heterocycles. The lowest BCUT2D eigenvalue weighted by Gasteiger charge is -2.20. The average Bonchev–Trinajstić information content (AvgIpc) is 2.56. The number of phenolic OH excluding ortho intramolecular Hbond substituents is 1. The molecule has 0 aliphatic heterocycles. The summed E-state index contributed by atoms with van der Waals surface area (Å²) in [7, 11) is 0. The molecule has 2 N–H and O–H groups in total. The van der Waals surface area contributed by atoms with Crippen LogP contribution in [-0.4, -0.2) is 21.8 Å². The van der Waals surface area contributed by atoms with Crippen LogP contribution >= 0.6 is 0 Å². The summed E-state index contributed by atoms with van der Waals surface area (Å²) < 4.78 is 5.29. The number of anilines is 1. The van der Waals surface area contributed by atoms with Gasteiger partial charge in [-0.2, -0.15) is 0 Å². The largest absolute Gasteiger partial charge is 0.506 e. The molecule has 128 valence electrons. The highest BCUT2D eigenvalue weighted by Gasteiger charge is 2.18. The van der Waals surface area contributed by atoms with Gasteiger partial charge in [0.1, 0.15) is 11.4 Å². The maximum Gasteiger partial charge on any atom is 0.412 e. The van der Waals surface area contributed by atoms with Gasteiger partial charge in [-0.05, 0) is 50.4 Å². The van der Waals surface area contributed by atoms with Crippen molar-refractivity contribution in [2.75, 3.05) is 5.32 Å². The average molecular weight is 336 g/mol. The number of phenols is 1. The number of nitrogens with one attached hydrogen (secondary N) is 1. The van der Waals surface area contributed by atoms with Crippen LogP contribution in [0.2, 0.25) is 0 Å². The fourth-order valence-electron chi connectivity index (χ4n) is 2.54. The van der Waals surface area contributed by atoms with Crippen molar-refractivity contribution in [1.82, 2.24) is 4.98 Å². The van der Waals surface area contributed by atoms with Crippen molar-refractivity contribution in [1.29, 1.82) is 0 Å². The van der Waals surface area contributed by atoms with Gasteiger partial charge < -0.3 is 9.84 Å². The predicted molar refractivity (Wildman–Crippen MR) is 98.7 cm³/mol. The van der Waals surface area contributed by atoms with E-state index >= 15 is 0 Å².